The summed E-state index contributed by atoms with van der Waals surface area (Å²) in [5.41, 5.74) is 3.36. The first-order chi connectivity index (χ1) is 16.3. The van der Waals surface area contributed by atoms with Crippen LogP contribution in [0.25, 0.3) is 11.1 Å². The summed E-state index contributed by atoms with van der Waals surface area (Å²) in [4.78, 5) is 38.6. The number of aliphatic carboxylic acids is 1. The Balaban J connectivity index is 1.61. The molecule has 7 heteroatoms. The van der Waals surface area contributed by atoms with Crippen LogP contribution in [-0.4, -0.2) is 53.2 Å². The van der Waals surface area contributed by atoms with Gasteiger partial charge in [0.1, 0.15) is 12.6 Å². The largest absolute Gasteiger partial charge is 0.480 e. The summed E-state index contributed by atoms with van der Waals surface area (Å²) in [5.74, 6) is -1.46. The molecule has 0 heterocycles. The molecule has 3 rings (SSSR count). The van der Waals surface area contributed by atoms with Gasteiger partial charge in [-0.15, -0.1) is 0 Å². The summed E-state index contributed by atoms with van der Waals surface area (Å²) in [6, 6.07) is 15.3. The van der Waals surface area contributed by atoms with E-state index in [0.717, 1.165) is 22.3 Å². The van der Waals surface area contributed by atoms with Crippen LogP contribution in [0.3, 0.4) is 0 Å². The fraction of sp³-hybridized carbons (Fsp3) is 0.464. The zero-order valence-electron chi connectivity index (χ0n) is 21.4. The van der Waals surface area contributed by atoms with Crippen LogP contribution >= 0.6 is 0 Å². The average molecular weight is 481 g/mol. The van der Waals surface area contributed by atoms with E-state index in [2.05, 4.69) is 29.6 Å². The topological polar surface area (TPSA) is 95.9 Å². The van der Waals surface area contributed by atoms with Crippen molar-refractivity contribution in [1.82, 2.24) is 10.2 Å². The molecule has 0 fully saturated rings. The molecule has 2 amide bonds. The number of benzene rings is 2. The highest BCUT2D eigenvalue weighted by atomic mass is 16.5. The number of fused-ring (bicyclic) bond motifs is 3. The molecule has 1 aliphatic carbocycles. The zero-order valence-corrected chi connectivity index (χ0v) is 21.4. The Morgan fingerprint density at radius 2 is 1.49 bits per heavy atom. The molecule has 1 aliphatic rings. The number of carbonyl (C=O) groups excluding carboxylic acids is 2. The number of carboxylic acids is 1. The van der Waals surface area contributed by atoms with E-state index < -0.39 is 23.6 Å². The van der Waals surface area contributed by atoms with Crippen molar-refractivity contribution >= 4 is 18.0 Å². The quantitative estimate of drug-likeness (QED) is 0.552. The Morgan fingerprint density at radius 3 is 1.97 bits per heavy atom. The SMILES string of the molecule is CN(C(=O)CC(C)(C)NC(=O)OCC1c2ccccc2-c2ccccc21)C(CC(C)(C)C)C(=O)O. The summed E-state index contributed by atoms with van der Waals surface area (Å²) in [7, 11) is 1.50. The summed E-state index contributed by atoms with van der Waals surface area (Å²) in [6.45, 7) is 9.42. The zero-order chi connectivity index (χ0) is 26.0. The van der Waals surface area contributed by atoms with E-state index in [1.807, 2.05) is 45.0 Å². The Hall–Kier alpha value is -3.35. The first-order valence-electron chi connectivity index (χ1n) is 11.9. The van der Waals surface area contributed by atoms with Crippen LogP contribution in [0, 0.1) is 5.41 Å². The van der Waals surface area contributed by atoms with Crippen molar-refractivity contribution in [3.05, 3.63) is 59.7 Å². The summed E-state index contributed by atoms with van der Waals surface area (Å²) in [6.07, 6.45) is -0.344. The number of likely N-dealkylation sites (N-methyl/N-ethyl adjacent to an activating group) is 1. The number of nitrogens with zero attached hydrogens (tertiary/aromatic N) is 1. The maximum Gasteiger partial charge on any atom is 0.407 e. The maximum atomic E-state index is 12.9. The lowest BCUT2D eigenvalue weighted by Crippen LogP contribution is -2.50. The van der Waals surface area contributed by atoms with E-state index in [-0.39, 0.29) is 30.3 Å². The van der Waals surface area contributed by atoms with Gasteiger partial charge in [0.05, 0.1) is 0 Å². The molecule has 188 valence electrons. The van der Waals surface area contributed by atoms with Gasteiger partial charge in [-0.25, -0.2) is 9.59 Å². The molecule has 0 saturated carbocycles. The van der Waals surface area contributed by atoms with E-state index in [0.29, 0.717) is 6.42 Å². The fourth-order valence-corrected chi connectivity index (χ4v) is 4.60. The van der Waals surface area contributed by atoms with Crippen molar-refractivity contribution in [3.63, 3.8) is 0 Å². The average Bonchev–Trinajstić information content (AvgIpc) is 3.08. The normalized spacial score (nSPS) is 14.0. The van der Waals surface area contributed by atoms with E-state index in [9.17, 15) is 19.5 Å². The second-order valence-corrected chi connectivity index (χ2v) is 11.1. The number of carboxylic acid groups (broad SMARTS) is 1. The number of hydrogen-bond acceptors (Lipinski definition) is 4. The molecule has 2 N–H and O–H groups in total. The Kier molecular flexibility index (Phi) is 7.58. The Morgan fingerprint density at radius 1 is 0.971 bits per heavy atom. The highest BCUT2D eigenvalue weighted by Crippen LogP contribution is 2.44. The molecule has 1 unspecified atom stereocenters. The van der Waals surface area contributed by atoms with Crippen molar-refractivity contribution in [2.75, 3.05) is 13.7 Å². The second-order valence-electron chi connectivity index (χ2n) is 11.1. The van der Waals surface area contributed by atoms with Crippen molar-refractivity contribution in [3.8, 4) is 11.1 Å². The minimum Gasteiger partial charge on any atom is -0.480 e. The Labute approximate surface area is 207 Å². The van der Waals surface area contributed by atoms with Crippen LogP contribution in [0.5, 0.6) is 0 Å². The van der Waals surface area contributed by atoms with Gasteiger partial charge in [-0.3, -0.25) is 4.79 Å². The first-order valence-corrected chi connectivity index (χ1v) is 11.9. The molecule has 1 atom stereocenters. The third kappa shape index (κ3) is 6.41. The second kappa shape index (κ2) is 10.1. The number of nitrogens with one attached hydrogen (secondary N) is 1. The van der Waals surface area contributed by atoms with Gasteiger partial charge in [-0.1, -0.05) is 69.3 Å². The number of hydrogen-bond donors (Lipinski definition) is 2. The molecule has 0 bridgehead atoms. The molecule has 2 aromatic carbocycles. The molecule has 0 aromatic heterocycles. The first kappa shape index (κ1) is 26.3. The standard InChI is InChI=1S/C28H36N2O5/c1-27(2,3)15-23(25(32)33)30(6)24(31)16-28(4,5)29-26(34)35-17-22-20-13-9-7-11-18(20)19-12-8-10-14-21(19)22/h7-14,22-23H,15-17H2,1-6H3,(H,29,34)(H,32,33). The van der Waals surface area contributed by atoms with Gasteiger partial charge in [0.2, 0.25) is 5.91 Å². The number of rotatable bonds is 8. The lowest BCUT2D eigenvalue weighted by Gasteiger charge is -2.33. The maximum absolute atomic E-state index is 12.9. The highest BCUT2D eigenvalue weighted by molar-refractivity contribution is 5.84. The summed E-state index contributed by atoms with van der Waals surface area (Å²) < 4.78 is 5.60. The number of amides is 2. The van der Waals surface area contributed by atoms with Gasteiger partial charge in [0.25, 0.3) is 0 Å². The van der Waals surface area contributed by atoms with Gasteiger partial charge in [0.15, 0.2) is 0 Å². The predicted molar refractivity (Wildman–Crippen MR) is 135 cm³/mol. The summed E-state index contributed by atoms with van der Waals surface area (Å²) >= 11 is 0. The Bertz CT molecular complexity index is 1060. The fourth-order valence-electron chi connectivity index (χ4n) is 4.60. The van der Waals surface area contributed by atoms with Gasteiger partial charge in [-0.05, 0) is 47.9 Å². The van der Waals surface area contributed by atoms with E-state index in [1.54, 1.807) is 13.8 Å². The van der Waals surface area contributed by atoms with Gasteiger partial charge >= 0.3 is 12.1 Å². The van der Waals surface area contributed by atoms with Crippen LogP contribution in [0.15, 0.2) is 48.5 Å². The van der Waals surface area contributed by atoms with E-state index in [1.165, 1.54) is 11.9 Å². The molecular formula is C28H36N2O5. The molecule has 7 nitrogen and oxygen atoms in total. The molecule has 0 spiro atoms. The predicted octanol–water partition coefficient (Wildman–Crippen LogP) is 5.04. The third-order valence-corrected chi connectivity index (χ3v) is 6.33. The van der Waals surface area contributed by atoms with Crippen molar-refractivity contribution < 1.29 is 24.2 Å². The lowest BCUT2D eigenvalue weighted by atomic mass is 9.87. The molecular weight excluding hydrogens is 444 g/mol. The van der Waals surface area contributed by atoms with Crippen molar-refractivity contribution in [2.45, 2.75) is 65.0 Å². The molecule has 0 saturated heterocycles. The van der Waals surface area contributed by atoms with Crippen LogP contribution in [0.1, 0.15) is 64.5 Å². The van der Waals surface area contributed by atoms with Crippen molar-refractivity contribution in [2.24, 2.45) is 5.41 Å². The lowest BCUT2D eigenvalue weighted by molar-refractivity contribution is -0.150. The number of alkyl carbamates (subject to hydrolysis) is 1. The monoisotopic (exact) mass is 480 g/mol. The van der Waals surface area contributed by atoms with Gasteiger partial charge < -0.3 is 20.1 Å². The molecule has 35 heavy (non-hydrogen) atoms. The minimum atomic E-state index is -1.04. The number of ether oxygens (including phenoxy) is 1. The van der Waals surface area contributed by atoms with E-state index in [4.69, 9.17) is 4.74 Å². The van der Waals surface area contributed by atoms with Gasteiger partial charge in [0, 0.05) is 24.9 Å². The molecule has 0 radical (unpaired) electrons. The highest BCUT2D eigenvalue weighted by Gasteiger charge is 2.34. The van der Waals surface area contributed by atoms with E-state index >= 15 is 0 Å². The minimum absolute atomic E-state index is 0.0540. The third-order valence-electron chi connectivity index (χ3n) is 6.33. The van der Waals surface area contributed by atoms with Crippen LogP contribution < -0.4 is 5.32 Å². The van der Waals surface area contributed by atoms with Crippen molar-refractivity contribution in [1.29, 1.82) is 0 Å². The number of carbonyl (C=O) groups is 3. The van der Waals surface area contributed by atoms with Crippen LogP contribution in [-0.2, 0) is 14.3 Å². The van der Waals surface area contributed by atoms with Crippen LogP contribution in [0.4, 0.5) is 4.79 Å². The van der Waals surface area contributed by atoms with Crippen LogP contribution in [0.2, 0.25) is 0 Å². The molecule has 0 aliphatic heterocycles. The molecule has 2 aromatic rings. The summed E-state index contributed by atoms with van der Waals surface area (Å²) in [5, 5.41) is 12.4. The smallest absolute Gasteiger partial charge is 0.407 e. The van der Waals surface area contributed by atoms with Gasteiger partial charge in [-0.2, -0.15) is 0 Å².